The van der Waals surface area contributed by atoms with Gasteiger partial charge in [0.05, 0.1) is 5.69 Å². The lowest BCUT2D eigenvalue weighted by Gasteiger charge is -2.11. The molecule has 0 saturated carbocycles. The van der Waals surface area contributed by atoms with Crippen LogP contribution in [-0.2, 0) is 0 Å². The van der Waals surface area contributed by atoms with Gasteiger partial charge in [0.15, 0.2) is 0 Å². The van der Waals surface area contributed by atoms with E-state index in [1.165, 1.54) is 10.6 Å². The van der Waals surface area contributed by atoms with Gasteiger partial charge in [0.25, 0.3) is 0 Å². The quantitative estimate of drug-likeness (QED) is 0.486. The molecule has 0 spiro atoms. The van der Waals surface area contributed by atoms with Gasteiger partial charge in [0.1, 0.15) is 8.07 Å². The van der Waals surface area contributed by atoms with Gasteiger partial charge in [0.2, 0.25) is 0 Å². The second-order valence-corrected chi connectivity index (χ2v) is 6.34. The van der Waals surface area contributed by atoms with E-state index in [9.17, 15) is 0 Å². The van der Waals surface area contributed by atoms with E-state index in [2.05, 4.69) is 34.3 Å². The molecule has 3 rings (SSSR count). The second-order valence-electron chi connectivity index (χ2n) is 4.51. The summed E-state index contributed by atoms with van der Waals surface area (Å²) in [6, 6.07) is 30.6. The third-order valence-electron chi connectivity index (χ3n) is 3.01. The molecule has 102 valence electrons. The summed E-state index contributed by atoms with van der Waals surface area (Å²) in [6.07, 6.45) is 0. The van der Waals surface area contributed by atoms with Crippen LogP contribution in [0.4, 0.5) is 5.69 Å². The normalized spacial score (nSPS) is 11.1. The van der Waals surface area contributed by atoms with Crippen molar-refractivity contribution in [2.75, 3.05) is 0 Å². The molecule has 3 aromatic carbocycles. The Hall–Kier alpha value is -2.31. The first-order chi connectivity index (χ1) is 10.4. The van der Waals surface area contributed by atoms with Gasteiger partial charge in [-0.1, -0.05) is 78.9 Å². The minimum Gasteiger partial charge on any atom is -0.156 e. The lowest BCUT2D eigenvalue weighted by atomic mass is 10.3. The molecule has 2 nitrogen and oxygen atoms in total. The van der Waals surface area contributed by atoms with E-state index in [1.54, 1.807) is 0 Å². The average molecular weight is 290 g/mol. The highest BCUT2D eigenvalue weighted by atomic mass is 31.1. The summed E-state index contributed by atoms with van der Waals surface area (Å²) in [6.45, 7) is 0. The highest BCUT2D eigenvalue weighted by Gasteiger charge is 2.12. The minimum absolute atomic E-state index is 0.816. The van der Waals surface area contributed by atoms with Crippen molar-refractivity contribution in [1.82, 2.24) is 0 Å². The average Bonchev–Trinajstić information content (AvgIpc) is 2.58. The number of hydrogen-bond donors (Lipinski definition) is 0. The van der Waals surface area contributed by atoms with E-state index in [0.29, 0.717) is 0 Å². The van der Waals surface area contributed by atoms with Crippen LogP contribution in [0.25, 0.3) is 0 Å². The fraction of sp³-hybridized carbons (Fsp3) is 0. The topological polar surface area (TPSA) is 24.7 Å². The first-order valence-electron chi connectivity index (χ1n) is 6.80. The van der Waals surface area contributed by atoms with Crippen LogP contribution in [0.2, 0.25) is 0 Å². The van der Waals surface area contributed by atoms with E-state index in [-0.39, 0.29) is 0 Å². The van der Waals surface area contributed by atoms with Crippen molar-refractivity contribution in [3.63, 3.8) is 0 Å². The molecule has 21 heavy (non-hydrogen) atoms. The zero-order valence-corrected chi connectivity index (χ0v) is 12.4. The molecule has 0 N–H and O–H groups in total. The first kappa shape index (κ1) is 13.7. The van der Waals surface area contributed by atoms with E-state index >= 15 is 0 Å². The summed E-state index contributed by atoms with van der Waals surface area (Å²) in [7, 11) is -0.816. The van der Waals surface area contributed by atoms with Crippen molar-refractivity contribution in [3.05, 3.63) is 91.0 Å². The number of hydrogen-bond acceptors (Lipinski definition) is 2. The predicted octanol–water partition coefficient (Wildman–Crippen LogP) is 4.82. The van der Waals surface area contributed by atoms with Crippen LogP contribution in [0, 0.1) is 0 Å². The monoisotopic (exact) mass is 290 g/mol. The molecule has 0 aliphatic carbocycles. The van der Waals surface area contributed by atoms with Crippen molar-refractivity contribution >= 4 is 24.4 Å². The van der Waals surface area contributed by atoms with Crippen molar-refractivity contribution in [1.29, 1.82) is 0 Å². The van der Waals surface area contributed by atoms with Crippen LogP contribution >= 0.6 is 8.07 Å². The Kier molecular flexibility index (Phi) is 4.50. The van der Waals surface area contributed by atoms with Crippen LogP contribution < -0.4 is 10.6 Å². The van der Waals surface area contributed by atoms with E-state index in [0.717, 1.165) is 5.69 Å². The molecule has 0 fully saturated rings. The Morgan fingerprint density at radius 1 is 0.524 bits per heavy atom. The van der Waals surface area contributed by atoms with E-state index in [4.69, 9.17) is 0 Å². The molecule has 0 radical (unpaired) electrons. The van der Waals surface area contributed by atoms with Gasteiger partial charge in [-0.2, -0.15) is 10.00 Å². The summed E-state index contributed by atoms with van der Waals surface area (Å²) in [4.78, 5) is 4.62. The maximum Gasteiger partial charge on any atom is 0.103 e. The molecular formula is C18H15N2P. The van der Waals surface area contributed by atoms with Gasteiger partial charge in [-0.15, -0.1) is 0 Å². The van der Waals surface area contributed by atoms with Gasteiger partial charge in [-0.25, -0.2) is 0 Å². The summed E-state index contributed by atoms with van der Waals surface area (Å²) < 4.78 is 0. The number of nitrogens with zero attached hydrogens (tertiary/aromatic N) is 2. The van der Waals surface area contributed by atoms with Crippen molar-refractivity contribution in [2.24, 2.45) is 10.00 Å². The standard InChI is InChI=1S/C18H15N2P/c1-4-10-16(11-5-1)19-20-21(17-12-6-2-7-13-17)18-14-8-3-9-15-18/h1-15H. The van der Waals surface area contributed by atoms with Gasteiger partial charge >= 0.3 is 0 Å². The Balaban J connectivity index is 1.96. The van der Waals surface area contributed by atoms with Crippen LogP contribution in [0.15, 0.2) is 101 Å². The fourth-order valence-corrected chi connectivity index (χ4v) is 3.59. The molecule has 0 aliphatic heterocycles. The molecule has 0 heterocycles. The zero-order valence-electron chi connectivity index (χ0n) is 11.5. The number of rotatable bonds is 4. The molecule has 0 aromatic heterocycles. The highest BCUT2D eigenvalue weighted by molar-refractivity contribution is 7.71. The smallest absolute Gasteiger partial charge is 0.103 e. The fourth-order valence-electron chi connectivity index (χ4n) is 1.98. The maximum absolute atomic E-state index is 4.62. The van der Waals surface area contributed by atoms with Crippen molar-refractivity contribution in [3.8, 4) is 0 Å². The van der Waals surface area contributed by atoms with Gasteiger partial charge in [0, 0.05) is 10.6 Å². The SMILES string of the molecule is c1ccc(N=NP(c2ccccc2)c2ccccc2)cc1. The highest BCUT2D eigenvalue weighted by Crippen LogP contribution is 2.36. The molecule has 0 amide bonds. The summed E-state index contributed by atoms with van der Waals surface area (Å²) in [5.74, 6) is 0. The number of benzene rings is 3. The summed E-state index contributed by atoms with van der Waals surface area (Å²) >= 11 is 0. The molecule has 0 saturated heterocycles. The van der Waals surface area contributed by atoms with Crippen LogP contribution in [0.5, 0.6) is 0 Å². The Labute approximate surface area is 126 Å². The lowest BCUT2D eigenvalue weighted by Crippen LogP contribution is -2.09. The summed E-state index contributed by atoms with van der Waals surface area (Å²) in [5.41, 5.74) is 0.886. The third-order valence-corrected chi connectivity index (χ3v) is 4.85. The maximum atomic E-state index is 4.62. The largest absolute Gasteiger partial charge is 0.156 e. The molecule has 3 aromatic rings. The van der Waals surface area contributed by atoms with Crippen LogP contribution in [-0.4, -0.2) is 0 Å². The molecule has 0 unspecified atom stereocenters. The third kappa shape index (κ3) is 3.62. The first-order valence-corrected chi connectivity index (χ1v) is 8.10. The molecule has 0 atom stereocenters. The molecule has 3 heteroatoms. The molecule has 0 aliphatic rings. The van der Waals surface area contributed by atoms with Gasteiger partial charge in [-0.05, 0) is 12.1 Å². The zero-order chi connectivity index (χ0) is 14.3. The van der Waals surface area contributed by atoms with E-state index in [1.807, 2.05) is 66.7 Å². The predicted molar refractivity (Wildman–Crippen MR) is 90.0 cm³/mol. The van der Waals surface area contributed by atoms with E-state index < -0.39 is 8.07 Å². The molecular weight excluding hydrogens is 275 g/mol. The van der Waals surface area contributed by atoms with Crippen molar-refractivity contribution < 1.29 is 0 Å². The van der Waals surface area contributed by atoms with Crippen LogP contribution in [0.1, 0.15) is 0 Å². The molecule has 0 bridgehead atoms. The Morgan fingerprint density at radius 3 is 1.43 bits per heavy atom. The lowest BCUT2D eigenvalue weighted by molar-refractivity contribution is 1.33. The summed E-state index contributed by atoms with van der Waals surface area (Å²) in [5, 5.41) is 6.83. The minimum atomic E-state index is -0.816. The van der Waals surface area contributed by atoms with Crippen molar-refractivity contribution in [2.45, 2.75) is 0 Å². The van der Waals surface area contributed by atoms with Crippen LogP contribution in [0.3, 0.4) is 0 Å². The Morgan fingerprint density at radius 2 is 0.952 bits per heavy atom. The second kappa shape index (κ2) is 6.92. The van der Waals surface area contributed by atoms with Gasteiger partial charge in [-0.3, -0.25) is 0 Å². The Bertz CT molecular complexity index is 658. The van der Waals surface area contributed by atoms with Gasteiger partial charge < -0.3 is 0 Å².